The number of hydrogen-bond donors (Lipinski definition) is 1. The first-order chi connectivity index (χ1) is 7.09. The Kier molecular flexibility index (Phi) is 3.01. The Bertz CT molecular complexity index is 250. The molecule has 15 heavy (non-hydrogen) atoms. The molecule has 3 heteroatoms. The van der Waals surface area contributed by atoms with Crippen molar-refractivity contribution in [3.8, 4) is 0 Å². The minimum Gasteiger partial charge on any atom is -0.339 e. The van der Waals surface area contributed by atoms with E-state index in [0.717, 1.165) is 19.6 Å². The predicted octanol–water partition coefficient (Wildman–Crippen LogP) is 1.10. The third kappa shape index (κ3) is 2.03. The van der Waals surface area contributed by atoms with Crippen LogP contribution in [0.2, 0.25) is 0 Å². The van der Waals surface area contributed by atoms with Gasteiger partial charge in [-0.3, -0.25) is 4.79 Å². The second-order valence-corrected chi connectivity index (χ2v) is 5.39. The Morgan fingerprint density at radius 3 is 2.47 bits per heavy atom. The molecule has 2 fully saturated rings. The van der Waals surface area contributed by atoms with Crippen LogP contribution < -0.4 is 5.32 Å². The van der Waals surface area contributed by atoms with E-state index in [0.29, 0.717) is 23.8 Å². The Labute approximate surface area is 92.2 Å². The van der Waals surface area contributed by atoms with Gasteiger partial charge in [0.05, 0.1) is 0 Å². The summed E-state index contributed by atoms with van der Waals surface area (Å²) in [5.74, 6) is 1.83. The second-order valence-electron chi connectivity index (χ2n) is 5.39. The molecule has 2 rings (SSSR count). The van der Waals surface area contributed by atoms with Crippen LogP contribution in [0.5, 0.6) is 0 Å². The Morgan fingerprint density at radius 2 is 2.07 bits per heavy atom. The zero-order valence-corrected chi connectivity index (χ0v) is 9.99. The summed E-state index contributed by atoms with van der Waals surface area (Å²) in [5.41, 5.74) is 0. The molecule has 3 unspecified atom stereocenters. The van der Waals surface area contributed by atoms with Gasteiger partial charge in [-0.25, -0.2) is 0 Å². The van der Waals surface area contributed by atoms with Crippen LogP contribution in [0.1, 0.15) is 27.2 Å². The van der Waals surface area contributed by atoms with E-state index >= 15 is 0 Å². The van der Waals surface area contributed by atoms with Crippen molar-refractivity contribution >= 4 is 5.91 Å². The molecule has 3 atom stereocenters. The third-order valence-corrected chi connectivity index (χ3v) is 3.98. The molecular weight excluding hydrogens is 188 g/mol. The quantitative estimate of drug-likeness (QED) is 0.740. The molecule has 0 aromatic rings. The molecule has 86 valence electrons. The van der Waals surface area contributed by atoms with Crippen LogP contribution in [0.25, 0.3) is 0 Å². The van der Waals surface area contributed by atoms with Crippen molar-refractivity contribution in [2.75, 3.05) is 19.6 Å². The number of likely N-dealkylation sites (tertiary alicyclic amines) is 1. The first-order valence-corrected chi connectivity index (χ1v) is 6.10. The minimum atomic E-state index is 0.207. The molecule has 0 aliphatic carbocycles. The number of hydrogen-bond acceptors (Lipinski definition) is 2. The van der Waals surface area contributed by atoms with Crippen LogP contribution in [0.4, 0.5) is 0 Å². The Balaban J connectivity index is 1.94. The van der Waals surface area contributed by atoms with Crippen LogP contribution in [0.15, 0.2) is 0 Å². The molecule has 0 bridgehead atoms. The van der Waals surface area contributed by atoms with Crippen molar-refractivity contribution in [3.05, 3.63) is 0 Å². The maximum atomic E-state index is 12.2. The molecule has 2 saturated heterocycles. The number of carbonyl (C=O) groups excluding carboxylic acids is 1. The predicted molar refractivity (Wildman–Crippen MR) is 60.5 cm³/mol. The number of rotatable bonds is 2. The monoisotopic (exact) mass is 210 g/mol. The standard InChI is InChI=1S/C12H22N2O/c1-8-4-9(2)14(7-8)12(15)10(3)11-5-13-6-11/h8-11,13H,4-7H2,1-3H3. The summed E-state index contributed by atoms with van der Waals surface area (Å²) in [4.78, 5) is 14.3. The molecular formula is C12H22N2O. The maximum Gasteiger partial charge on any atom is 0.226 e. The zero-order valence-electron chi connectivity index (χ0n) is 9.99. The van der Waals surface area contributed by atoms with E-state index in [4.69, 9.17) is 0 Å². The van der Waals surface area contributed by atoms with E-state index in [2.05, 4.69) is 31.0 Å². The molecule has 0 spiro atoms. The van der Waals surface area contributed by atoms with Gasteiger partial charge in [0.2, 0.25) is 5.91 Å². The maximum absolute atomic E-state index is 12.2. The van der Waals surface area contributed by atoms with Gasteiger partial charge in [0.1, 0.15) is 0 Å². The van der Waals surface area contributed by atoms with Gasteiger partial charge in [0, 0.05) is 18.5 Å². The van der Waals surface area contributed by atoms with Crippen molar-refractivity contribution in [1.82, 2.24) is 10.2 Å². The minimum absolute atomic E-state index is 0.207. The highest BCUT2D eigenvalue weighted by Gasteiger charge is 2.36. The largest absolute Gasteiger partial charge is 0.339 e. The summed E-state index contributed by atoms with van der Waals surface area (Å²) in [6, 6.07) is 0.447. The van der Waals surface area contributed by atoms with Gasteiger partial charge in [-0.05, 0) is 38.3 Å². The summed E-state index contributed by atoms with van der Waals surface area (Å²) in [6.45, 7) is 9.50. The second kappa shape index (κ2) is 4.12. The van der Waals surface area contributed by atoms with Crippen LogP contribution in [0.3, 0.4) is 0 Å². The molecule has 2 aliphatic heterocycles. The molecule has 3 nitrogen and oxygen atoms in total. The summed E-state index contributed by atoms with van der Waals surface area (Å²) in [7, 11) is 0. The van der Waals surface area contributed by atoms with Crippen molar-refractivity contribution in [2.45, 2.75) is 33.2 Å². The van der Waals surface area contributed by atoms with Gasteiger partial charge in [0.15, 0.2) is 0 Å². The summed E-state index contributed by atoms with van der Waals surface area (Å²) in [5, 5.41) is 3.24. The molecule has 2 aliphatic rings. The summed E-state index contributed by atoms with van der Waals surface area (Å²) >= 11 is 0. The van der Waals surface area contributed by atoms with Crippen LogP contribution in [0, 0.1) is 17.8 Å². The van der Waals surface area contributed by atoms with E-state index in [9.17, 15) is 4.79 Å². The van der Waals surface area contributed by atoms with Crippen LogP contribution >= 0.6 is 0 Å². The van der Waals surface area contributed by atoms with E-state index < -0.39 is 0 Å². The highest BCUT2D eigenvalue weighted by atomic mass is 16.2. The zero-order chi connectivity index (χ0) is 11.0. The van der Waals surface area contributed by atoms with E-state index in [1.807, 2.05) is 0 Å². The molecule has 1 N–H and O–H groups in total. The Morgan fingerprint density at radius 1 is 1.40 bits per heavy atom. The smallest absolute Gasteiger partial charge is 0.226 e. The summed E-state index contributed by atoms with van der Waals surface area (Å²) < 4.78 is 0. The lowest BCUT2D eigenvalue weighted by Crippen LogP contribution is -2.51. The van der Waals surface area contributed by atoms with Crippen LogP contribution in [-0.4, -0.2) is 36.5 Å². The fourth-order valence-electron chi connectivity index (χ4n) is 2.73. The van der Waals surface area contributed by atoms with Gasteiger partial charge >= 0.3 is 0 Å². The fourth-order valence-corrected chi connectivity index (χ4v) is 2.73. The fraction of sp³-hybridized carbons (Fsp3) is 0.917. The molecule has 0 saturated carbocycles. The van der Waals surface area contributed by atoms with E-state index in [1.54, 1.807) is 0 Å². The van der Waals surface area contributed by atoms with Crippen LogP contribution in [-0.2, 0) is 4.79 Å². The molecule has 0 aromatic carbocycles. The molecule has 1 amide bonds. The summed E-state index contributed by atoms with van der Waals surface area (Å²) in [6.07, 6.45) is 1.17. The van der Waals surface area contributed by atoms with Gasteiger partial charge in [-0.15, -0.1) is 0 Å². The number of amides is 1. The number of carbonyl (C=O) groups is 1. The van der Waals surface area contributed by atoms with Gasteiger partial charge < -0.3 is 10.2 Å². The normalized spacial score (nSPS) is 33.9. The topological polar surface area (TPSA) is 32.3 Å². The van der Waals surface area contributed by atoms with Crippen molar-refractivity contribution in [1.29, 1.82) is 0 Å². The van der Waals surface area contributed by atoms with E-state index in [1.165, 1.54) is 6.42 Å². The highest BCUT2D eigenvalue weighted by molar-refractivity contribution is 5.79. The molecule has 0 radical (unpaired) electrons. The third-order valence-electron chi connectivity index (χ3n) is 3.98. The first-order valence-electron chi connectivity index (χ1n) is 6.10. The lowest BCUT2D eigenvalue weighted by Gasteiger charge is -2.35. The first kappa shape index (κ1) is 10.9. The average molecular weight is 210 g/mol. The Hall–Kier alpha value is -0.570. The lowest BCUT2D eigenvalue weighted by molar-refractivity contribution is -0.138. The SMILES string of the molecule is CC1CC(C)N(C(=O)C(C)C2CNC2)C1. The molecule has 0 aromatic heterocycles. The van der Waals surface area contributed by atoms with Gasteiger partial charge in [-0.1, -0.05) is 13.8 Å². The van der Waals surface area contributed by atoms with Crippen molar-refractivity contribution in [3.63, 3.8) is 0 Å². The van der Waals surface area contributed by atoms with Gasteiger partial charge in [-0.2, -0.15) is 0 Å². The van der Waals surface area contributed by atoms with Crippen molar-refractivity contribution in [2.24, 2.45) is 17.8 Å². The highest BCUT2D eigenvalue weighted by Crippen LogP contribution is 2.27. The number of nitrogens with zero attached hydrogens (tertiary/aromatic N) is 1. The van der Waals surface area contributed by atoms with Gasteiger partial charge in [0.25, 0.3) is 0 Å². The average Bonchev–Trinajstić information content (AvgIpc) is 2.41. The molecule has 2 heterocycles. The lowest BCUT2D eigenvalue weighted by atomic mass is 9.88. The van der Waals surface area contributed by atoms with Crippen molar-refractivity contribution < 1.29 is 4.79 Å². The van der Waals surface area contributed by atoms with E-state index in [-0.39, 0.29) is 5.92 Å². The number of nitrogens with one attached hydrogen (secondary N) is 1.